The van der Waals surface area contributed by atoms with E-state index in [-0.39, 0.29) is 6.16 Å². The molecule has 0 unspecified atom stereocenters. The van der Waals surface area contributed by atoms with Crippen molar-refractivity contribution < 1.29 is 19.5 Å². The van der Waals surface area contributed by atoms with E-state index in [4.69, 9.17) is 14.9 Å². The molecule has 0 radical (unpaired) electrons. The summed E-state index contributed by atoms with van der Waals surface area (Å²) in [4.78, 5) is 17.6. The Bertz CT molecular complexity index is 370. The van der Waals surface area contributed by atoms with Gasteiger partial charge in [-0.1, -0.05) is 135 Å². The molecule has 0 amide bonds. The second-order valence-corrected chi connectivity index (χ2v) is 11.0. The number of aliphatic hydroxyl groups excluding tert-OH is 1. The summed E-state index contributed by atoms with van der Waals surface area (Å²) in [5.74, 6) is 0. The summed E-state index contributed by atoms with van der Waals surface area (Å²) in [5.41, 5.74) is 0. The largest absolute Gasteiger partial charge is 0.396 e. The van der Waals surface area contributed by atoms with Gasteiger partial charge < -0.3 is 14.9 Å². The molecule has 3 N–H and O–H groups in total. The number of unbranched alkanes of at least 4 members (excludes halogenated alkanes) is 22. The van der Waals surface area contributed by atoms with E-state index in [9.17, 15) is 4.57 Å². The summed E-state index contributed by atoms with van der Waals surface area (Å²) < 4.78 is 10.7. The van der Waals surface area contributed by atoms with Crippen LogP contribution in [0.1, 0.15) is 148 Å². The molecular formula is C25H53O4P. The van der Waals surface area contributed by atoms with Gasteiger partial charge in [0.1, 0.15) is 0 Å². The van der Waals surface area contributed by atoms with Gasteiger partial charge in [-0.3, -0.25) is 4.57 Å². The van der Waals surface area contributed by atoms with E-state index < -0.39 is 7.60 Å². The van der Waals surface area contributed by atoms with Crippen molar-refractivity contribution in [2.45, 2.75) is 148 Å². The molecule has 0 bridgehead atoms. The van der Waals surface area contributed by atoms with Gasteiger partial charge in [0, 0.05) is 12.8 Å². The van der Waals surface area contributed by atoms with Crippen LogP contribution in [-0.2, 0) is 4.57 Å². The maximum Gasteiger partial charge on any atom is 0.325 e. The molecule has 0 aliphatic rings. The van der Waals surface area contributed by atoms with E-state index in [1.807, 2.05) is 0 Å². The highest BCUT2D eigenvalue weighted by molar-refractivity contribution is 7.51. The third kappa shape index (κ3) is 28.1. The molecule has 0 saturated carbocycles. The van der Waals surface area contributed by atoms with Crippen LogP contribution < -0.4 is 0 Å². The zero-order valence-electron chi connectivity index (χ0n) is 19.9. The van der Waals surface area contributed by atoms with Crippen molar-refractivity contribution in [2.75, 3.05) is 12.8 Å². The minimum Gasteiger partial charge on any atom is -0.396 e. The Morgan fingerprint density at radius 3 is 0.767 bits per heavy atom. The Balaban J connectivity index is 3.03. The highest BCUT2D eigenvalue weighted by atomic mass is 31.2. The van der Waals surface area contributed by atoms with Crippen LogP contribution in [0.25, 0.3) is 0 Å². The summed E-state index contributed by atoms with van der Waals surface area (Å²) in [6, 6.07) is 0. The predicted molar refractivity (Wildman–Crippen MR) is 130 cm³/mol. The maximum absolute atomic E-state index is 10.7. The zero-order valence-corrected chi connectivity index (χ0v) is 20.8. The first-order valence-electron chi connectivity index (χ1n) is 13.2. The first kappa shape index (κ1) is 30.1. The first-order valence-corrected chi connectivity index (χ1v) is 15.0. The van der Waals surface area contributed by atoms with E-state index in [1.165, 1.54) is 122 Å². The molecule has 182 valence electrons. The fraction of sp³-hybridized carbons (Fsp3) is 1.00. The quantitative estimate of drug-likeness (QED) is 0.0973. The van der Waals surface area contributed by atoms with E-state index in [2.05, 4.69) is 0 Å². The lowest BCUT2D eigenvalue weighted by Gasteiger charge is -2.05. The monoisotopic (exact) mass is 448 g/mol. The Labute approximate surface area is 187 Å². The SMILES string of the molecule is O=P(O)(O)CCCCCCCCCCCCCCCCCCCCCCCCCO. The van der Waals surface area contributed by atoms with Gasteiger partial charge in [-0.15, -0.1) is 0 Å². The molecule has 0 aromatic heterocycles. The lowest BCUT2D eigenvalue weighted by Crippen LogP contribution is -1.88. The summed E-state index contributed by atoms with van der Waals surface area (Å²) in [6.45, 7) is 0.356. The van der Waals surface area contributed by atoms with Crippen LogP contribution >= 0.6 is 7.60 Å². The van der Waals surface area contributed by atoms with Gasteiger partial charge in [-0.2, -0.15) is 0 Å². The van der Waals surface area contributed by atoms with Crippen LogP contribution in [0, 0.1) is 0 Å². The molecule has 0 spiro atoms. The van der Waals surface area contributed by atoms with Gasteiger partial charge in [-0.25, -0.2) is 0 Å². The lowest BCUT2D eigenvalue weighted by molar-refractivity contribution is 0.282. The van der Waals surface area contributed by atoms with Crippen molar-refractivity contribution in [3.05, 3.63) is 0 Å². The van der Waals surface area contributed by atoms with Crippen LogP contribution in [0.4, 0.5) is 0 Å². The van der Waals surface area contributed by atoms with Crippen molar-refractivity contribution in [3.63, 3.8) is 0 Å². The second-order valence-electron chi connectivity index (χ2n) is 9.24. The summed E-state index contributed by atoms with van der Waals surface area (Å²) >= 11 is 0. The van der Waals surface area contributed by atoms with Gasteiger partial charge in [0.2, 0.25) is 0 Å². The molecule has 0 aliphatic heterocycles. The van der Waals surface area contributed by atoms with Crippen LogP contribution in [0.3, 0.4) is 0 Å². The van der Waals surface area contributed by atoms with E-state index in [0.717, 1.165) is 19.3 Å². The average molecular weight is 449 g/mol. The molecule has 0 aliphatic carbocycles. The molecule has 0 aromatic carbocycles. The fourth-order valence-electron chi connectivity index (χ4n) is 4.14. The van der Waals surface area contributed by atoms with Crippen molar-refractivity contribution in [1.29, 1.82) is 0 Å². The number of hydrogen-bond acceptors (Lipinski definition) is 2. The minimum absolute atomic E-state index is 0.0558. The molecule has 5 heteroatoms. The van der Waals surface area contributed by atoms with Gasteiger partial charge in [0.05, 0.1) is 0 Å². The van der Waals surface area contributed by atoms with E-state index in [1.54, 1.807) is 0 Å². The molecule has 0 rings (SSSR count). The standard InChI is InChI=1S/C25H53O4P/c26-24-22-20-18-16-14-12-10-8-6-4-2-1-3-5-7-9-11-13-15-17-19-21-23-25-30(27,28)29/h26H,1-25H2,(H2,27,28,29). The van der Waals surface area contributed by atoms with Crippen molar-refractivity contribution in [3.8, 4) is 0 Å². The second kappa shape index (κ2) is 23.8. The van der Waals surface area contributed by atoms with Gasteiger partial charge in [0.15, 0.2) is 0 Å². The van der Waals surface area contributed by atoms with Gasteiger partial charge >= 0.3 is 7.60 Å². The predicted octanol–water partition coefficient (Wildman–Crippen LogP) is 8.13. The number of aliphatic hydroxyl groups is 1. The smallest absolute Gasteiger partial charge is 0.325 e. The molecule has 30 heavy (non-hydrogen) atoms. The summed E-state index contributed by atoms with van der Waals surface area (Å²) in [6.07, 6.45) is 29.6. The maximum atomic E-state index is 10.7. The van der Waals surface area contributed by atoms with Crippen molar-refractivity contribution >= 4 is 7.60 Å². The first-order chi connectivity index (χ1) is 14.6. The molecule has 0 fully saturated rings. The van der Waals surface area contributed by atoms with Gasteiger partial charge in [0.25, 0.3) is 0 Å². The molecule has 0 heterocycles. The van der Waals surface area contributed by atoms with E-state index >= 15 is 0 Å². The van der Waals surface area contributed by atoms with Crippen LogP contribution in [0.15, 0.2) is 0 Å². The Kier molecular flexibility index (Phi) is 23.9. The highest BCUT2D eigenvalue weighted by Gasteiger charge is 2.10. The summed E-state index contributed by atoms with van der Waals surface area (Å²) in [5, 5.41) is 8.74. The average Bonchev–Trinajstić information content (AvgIpc) is 2.70. The van der Waals surface area contributed by atoms with E-state index in [0.29, 0.717) is 13.0 Å². The third-order valence-electron chi connectivity index (χ3n) is 6.11. The normalized spacial score (nSPS) is 12.0. The molecular weight excluding hydrogens is 395 g/mol. The third-order valence-corrected chi connectivity index (χ3v) is 7.01. The Morgan fingerprint density at radius 1 is 0.367 bits per heavy atom. The zero-order chi connectivity index (χ0) is 22.2. The van der Waals surface area contributed by atoms with Crippen LogP contribution in [0.5, 0.6) is 0 Å². The van der Waals surface area contributed by atoms with Crippen LogP contribution in [0.2, 0.25) is 0 Å². The molecule has 0 saturated heterocycles. The minimum atomic E-state index is -3.77. The highest BCUT2D eigenvalue weighted by Crippen LogP contribution is 2.35. The topological polar surface area (TPSA) is 77.8 Å². The molecule has 0 aromatic rings. The van der Waals surface area contributed by atoms with Crippen molar-refractivity contribution in [1.82, 2.24) is 0 Å². The Morgan fingerprint density at radius 2 is 0.567 bits per heavy atom. The van der Waals surface area contributed by atoms with Crippen LogP contribution in [-0.4, -0.2) is 27.7 Å². The lowest BCUT2D eigenvalue weighted by atomic mass is 10.0. The number of rotatable bonds is 25. The summed E-state index contributed by atoms with van der Waals surface area (Å²) in [7, 11) is -3.77. The fourth-order valence-corrected chi connectivity index (χ4v) is 4.78. The van der Waals surface area contributed by atoms with Gasteiger partial charge in [-0.05, 0) is 12.8 Å². The molecule has 0 atom stereocenters. The van der Waals surface area contributed by atoms with Crippen molar-refractivity contribution in [2.24, 2.45) is 0 Å². The Hall–Kier alpha value is 0.110. The molecule has 4 nitrogen and oxygen atoms in total. The number of hydrogen-bond donors (Lipinski definition) is 3.